The van der Waals surface area contributed by atoms with Crippen LogP contribution in [0.1, 0.15) is 22.8 Å². The standard InChI is InChI=1S/C17H13NO2/c1-11-15(18-12-7-3-2-4-8-12)13-9-5-6-10-14(13)17(20)16(11)19/h2-10,18H,1H3. The first kappa shape index (κ1) is 12.4. The van der Waals surface area contributed by atoms with E-state index < -0.39 is 11.6 Å². The van der Waals surface area contributed by atoms with Gasteiger partial charge in [0.2, 0.25) is 11.6 Å². The van der Waals surface area contributed by atoms with E-state index in [1.165, 1.54) is 0 Å². The second-order valence-electron chi connectivity index (χ2n) is 4.69. The van der Waals surface area contributed by atoms with Crippen molar-refractivity contribution in [2.75, 3.05) is 5.32 Å². The summed E-state index contributed by atoms with van der Waals surface area (Å²) in [6.45, 7) is 1.68. The van der Waals surface area contributed by atoms with E-state index in [0.29, 0.717) is 16.8 Å². The molecule has 0 fully saturated rings. The van der Waals surface area contributed by atoms with Gasteiger partial charge in [0.05, 0.1) is 5.70 Å². The molecule has 0 aromatic heterocycles. The van der Waals surface area contributed by atoms with E-state index in [4.69, 9.17) is 0 Å². The third kappa shape index (κ3) is 1.93. The minimum atomic E-state index is -0.442. The third-order valence-corrected chi connectivity index (χ3v) is 3.41. The first-order valence-corrected chi connectivity index (χ1v) is 6.40. The fourth-order valence-corrected chi connectivity index (χ4v) is 2.33. The topological polar surface area (TPSA) is 46.2 Å². The smallest absolute Gasteiger partial charge is 0.233 e. The summed E-state index contributed by atoms with van der Waals surface area (Å²) in [5, 5.41) is 3.24. The summed E-state index contributed by atoms with van der Waals surface area (Å²) in [7, 11) is 0. The van der Waals surface area contributed by atoms with Crippen molar-refractivity contribution in [1.82, 2.24) is 0 Å². The van der Waals surface area contributed by atoms with Gasteiger partial charge in [-0.05, 0) is 19.1 Å². The van der Waals surface area contributed by atoms with Gasteiger partial charge in [-0.25, -0.2) is 0 Å². The number of rotatable bonds is 2. The number of fused-ring (bicyclic) bond motifs is 1. The van der Waals surface area contributed by atoms with Crippen LogP contribution in [0, 0.1) is 0 Å². The largest absolute Gasteiger partial charge is 0.355 e. The summed E-state index contributed by atoms with van der Waals surface area (Å²) < 4.78 is 0. The fourth-order valence-electron chi connectivity index (χ4n) is 2.33. The summed E-state index contributed by atoms with van der Waals surface area (Å²) in [6.07, 6.45) is 0. The lowest BCUT2D eigenvalue weighted by molar-refractivity contribution is -0.111. The zero-order valence-corrected chi connectivity index (χ0v) is 11.0. The number of anilines is 1. The van der Waals surface area contributed by atoms with Crippen molar-refractivity contribution in [3.63, 3.8) is 0 Å². The number of carbonyl (C=O) groups is 2. The van der Waals surface area contributed by atoms with Gasteiger partial charge in [-0.1, -0.05) is 42.5 Å². The zero-order chi connectivity index (χ0) is 14.1. The van der Waals surface area contributed by atoms with Gasteiger partial charge >= 0.3 is 0 Å². The predicted molar refractivity (Wildman–Crippen MR) is 78.4 cm³/mol. The Morgan fingerprint density at radius 2 is 1.35 bits per heavy atom. The zero-order valence-electron chi connectivity index (χ0n) is 11.0. The number of nitrogens with one attached hydrogen (secondary N) is 1. The SMILES string of the molecule is CC1=C(Nc2ccccc2)c2ccccc2C(=O)C1=O. The molecule has 0 saturated heterocycles. The Bertz CT molecular complexity index is 730. The minimum Gasteiger partial charge on any atom is -0.355 e. The van der Waals surface area contributed by atoms with E-state index in [-0.39, 0.29) is 0 Å². The molecule has 0 radical (unpaired) electrons. The Labute approximate surface area is 116 Å². The minimum absolute atomic E-state index is 0.434. The lowest BCUT2D eigenvalue weighted by Crippen LogP contribution is -2.24. The van der Waals surface area contributed by atoms with Gasteiger partial charge in [0.25, 0.3) is 0 Å². The van der Waals surface area contributed by atoms with Crippen LogP contribution in [0.3, 0.4) is 0 Å². The lowest BCUT2D eigenvalue weighted by Gasteiger charge is -2.21. The average molecular weight is 263 g/mol. The second kappa shape index (κ2) is 4.78. The molecule has 0 saturated carbocycles. The molecular formula is C17H13NO2. The number of para-hydroxylation sites is 1. The highest BCUT2D eigenvalue weighted by molar-refractivity contribution is 6.52. The average Bonchev–Trinajstić information content (AvgIpc) is 2.50. The van der Waals surface area contributed by atoms with E-state index in [1.54, 1.807) is 19.1 Å². The lowest BCUT2D eigenvalue weighted by atomic mass is 9.88. The van der Waals surface area contributed by atoms with E-state index in [2.05, 4.69) is 5.32 Å². The fraction of sp³-hybridized carbons (Fsp3) is 0.0588. The van der Waals surface area contributed by atoms with Crippen molar-refractivity contribution in [2.45, 2.75) is 6.92 Å². The second-order valence-corrected chi connectivity index (χ2v) is 4.69. The molecule has 0 heterocycles. The molecule has 1 N–H and O–H groups in total. The van der Waals surface area contributed by atoms with Crippen LogP contribution in [-0.2, 0) is 4.79 Å². The quantitative estimate of drug-likeness (QED) is 0.846. The van der Waals surface area contributed by atoms with Gasteiger partial charge in [-0.3, -0.25) is 9.59 Å². The molecule has 1 aliphatic carbocycles. The van der Waals surface area contributed by atoms with Crippen molar-refractivity contribution >= 4 is 23.0 Å². The molecule has 0 aliphatic heterocycles. The number of ketones is 2. The number of carbonyl (C=O) groups excluding carboxylic acids is 2. The molecule has 0 amide bonds. The molecule has 2 aromatic rings. The molecule has 3 nitrogen and oxygen atoms in total. The number of allylic oxidation sites excluding steroid dienone is 1. The monoisotopic (exact) mass is 263 g/mol. The maximum absolute atomic E-state index is 12.0. The number of hydrogen-bond donors (Lipinski definition) is 1. The van der Waals surface area contributed by atoms with E-state index in [1.807, 2.05) is 42.5 Å². The van der Waals surface area contributed by atoms with Crippen molar-refractivity contribution in [3.8, 4) is 0 Å². The summed E-state index contributed by atoms with van der Waals surface area (Å²) in [4.78, 5) is 24.1. The highest BCUT2D eigenvalue weighted by Gasteiger charge is 2.29. The maximum atomic E-state index is 12.0. The van der Waals surface area contributed by atoms with Gasteiger partial charge in [-0.2, -0.15) is 0 Å². The number of hydrogen-bond acceptors (Lipinski definition) is 3. The summed E-state index contributed by atoms with van der Waals surface area (Å²) >= 11 is 0. The summed E-state index contributed by atoms with van der Waals surface area (Å²) in [5.41, 5.74) is 3.28. The van der Waals surface area contributed by atoms with Crippen LogP contribution in [0.15, 0.2) is 60.2 Å². The third-order valence-electron chi connectivity index (χ3n) is 3.41. The van der Waals surface area contributed by atoms with Crippen LogP contribution in [-0.4, -0.2) is 11.6 Å². The van der Waals surface area contributed by atoms with Gasteiger partial charge in [0, 0.05) is 22.4 Å². The maximum Gasteiger partial charge on any atom is 0.233 e. The Morgan fingerprint density at radius 3 is 2.05 bits per heavy atom. The van der Waals surface area contributed by atoms with Crippen LogP contribution < -0.4 is 5.32 Å². The van der Waals surface area contributed by atoms with Crippen LogP contribution in [0.5, 0.6) is 0 Å². The Hall–Kier alpha value is -2.68. The van der Waals surface area contributed by atoms with E-state index in [0.717, 1.165) is 11.3 Å². The molecule has 0 spiro atoms. The van der Waals surface area contributed by atoms with Crippen molar-refractivity contribution in [2.24, 2.45) is 0 Å². The molecule has 3 rings (SSSR count). The highest BCUT2D eigenvalue weighted by Crippen LogP contribution is 2.30. The van der Waals surface area contributed by atoms with Gasteiger partial charge < -0.3 is 5.32 Å². The molecule has 0 atom stereocenters. The first-order valence-electron chi connectivity index (χ1n) is 6.40. The van der Waals surface area contributed by atoms with Gasteiger partial charge in [-0.15, -0.1) is 0 Å². The first-order chi connectivity index (χ1) is 9.68. The Kier molecular flexibility index (Phi) is 2.95. The van der Waals surface area contributed by atoms with Crippen LogP contribution >= 0.6 is 0 Å². The summed E-state index contributed by atoms with van der Waals surface area (Å²) in [5.74, 6) is -0.876. The molecule has 1 aliphatic rings. The van der Waals surface area contributed by atoms with E-state index >= 15 is 0 Å². The molecule has 20 heavy (non-hydrogen) atoms. The predicted octanol–water partition coefficient (Wildman–Crippen LogP) is 3.30. The number of Topliss-reactive ketones (excluding diaryl/α,β-unsaturated/α-hetero) is 2. The van der Waals surface area contributed by atoms with Crippen LogP contribution in [0.2, 0.25) is 0 Å². The molecule has 98 valence electrons. The van der Waals surface area contributed by atoms with Gasteiger partial charge in [0.15, 0.2) is 0 Å². The molecule has 0 bridgehead atoms. The molecule has 3 heteroatoms. The molecule has 2 aromatic carbocycles. The van der Waals surface area contributed by atoms with Gasteiger partial charge in [0.1, 0.15) is 0 Å². The van der Waals surface area contributed by atoms with Crippen molar-refractivity contribution in [3.05, 3.63) is 71.3 Å². The van der Waals surface area contributed by atoms with Crippen molar-refractivity contribution < 1.29 is 9.59 Å². The normalized spacial score (nSPS) is 14.2. The highest BCUT2D eigenvalue weighted by atomic mass is 16.2. The van der Waals surface area contributed by atoms with Crippen molar-refractivity contribution in [1.29, 1.82) is 0 Å². The van der Waals surface area contributed by atoms with E-state index in [9.17, 15) is 9.59 Å². The Balaban J connectivity index is 2.13. The molecular weight excluding hydrogens is 250 g/mol. The molecule has 0 unspecified atom stereocenters. The van der Waals surface area contributed by atoms with Crippen LogP contribution in [0.4, 0.5) is 5.69 Å². The number of benzene rings is 2. The Morgan fingerprint density at radius 1 is 0.750 bits per heavy atom. The summed E-state index contributed by atoms with van der Waals surface area (Å²) in [6, 6.07) is 16.8. The van der Waals surface area contributed by atoms with Crippen LogP contribution in [0.25, 0.3) is 5.70 Å².